The zero-order valence-electron chi connectivity index (χ0n) is 12.6. The summed E-state index contributed by atoms with van der Waals surface area (Å²) in [6.45, 7) is 0.632. The van der Waals surface area contributed by atoms with E-state index in [1.807, 2.05) is 6.07 Å². The minimum Gasteiger partial charge on any atom is -0.488 e. The molecule has 4 rings (SSSR count). The number of benzene rings is 2. The van der Waals surface area contributed by atoms with Gasteiger partial charge in [0.15, 0.2) is 0 Å². The fourth-order valence-corrected chi connectivity index (χ4v) is 4.89. The summed E-state index contributed by atoms with van der Waals surface area (Å²) in [5, 5.41) is 1.53. The van der Waals surface area contributed by atoms with Crippen LogP contribution in [0.4, 0.5) is 0 Å². The summed E-state index contributed by atoms with van der Waals surface area (Å²) in [5.74, 6) is 1.02. The molecular weight excluding hydrogens is 288 g/mol. The Balaban J connectivity index is 1.56. The second-order valence-corrected chi connectivity index (χ2v) is 7.58. The van der Waals surface area contributed by atoms with Gasteiger partial charge in [0.1, 0.15) is 12.4 Å². The Hall–Kier alpha value is -1.67. The van der Waals surface area contributed by atoms with Crippen molar-refractivity contribution in [1.82, 2.24) is 0 Å². The monoisotopic (exact) mass is 308 g/mol. The number of para-hydroxylation sites is 1. The second-order valence-electron chi connectivity index (χ2n) is 6.04. The van der Waals surface area contributed by atoms with E-state index in [4.69, 9.17) is 4.74 Å². The van der Waals surface area contributed by atoms with E-state index in [0.29, 0.717) is 6.61 Å². The Labute approximate surface area is 136 Å². The molecule has 0 aliphatic carbocycles. The molecule has 0 aromatic heterocycles. The molecule has 0 amide bonds. The molecule has 0 radical (unpaired) electrons. The van der Waals surface area contributed by atoms with Crippen LogP contribution >= 0.6 is 11.8 Å². The summed E-state index contributed by atoms with van der Waals surface area (Å²) in [6.07, 6.45) is 6.36. The Morgan fingerprint density at radius 2 is 1.77 bits per heavy atom. The summed E-state index contributed by atoms with van der Waals surface area (Å²) in [5.41, 5.74) is 3.98. The van der Waals surface area contributed by atoms with Gasteiger partial charge in [0, 0.05) is 16.1 Å². The predicted octanol–water partition coefficient (Wildman–Crippen LogP) is 5.32. The molecule has 0 saturated carbocycles. The van der Waals surface area contributed by atoms with Crippen LogP contribution in [0.5, 0.6) is 5.75 Å². The van der Waals surface area contributed by atoms with Crippen LogP contribution in [0.1, 0.15) is 30.4 Å². The zero-order valence-corrected chi connectivity index (χ0v) is 13.4. The van der Waals surface area contributed by atoms with Crippen LogP contribution in [-0.2, 0) is 6.61 Å². The lowest BCUT2D eigenvalue weighted by Gasteiger charge is -2.21. The molecule has 2 aromatic carbocycles. The Kier molecular flexibility index (Phi) is 3.94. The molecule has 112 valence electrons. The van der Waals surface area contributed by atoms with Crippen molar-refractivity contribution in [2.24, 2.45) is 0 Å². The molecule has 2 aliphatic heterocycles. The maximum atomic E-state index is 6.12. The Morgan fingerprint density at radius 1 is 0.955 bits per heavy atom. The standard InChI is InChI=1S/C20H20OS/c1-2-6-15(7-3-1)14-21-20-9-5-4-8-19(20)16-12-17-10-11-18(13-16)22-17/h1-9,12,17-18H,10-11,13-14H2. The lowest BCUT2D eigenvalue weighted by atomic mass is 10.00. The zero-order chi connectivity index (χ0) is 14.8. The molecule has 2 bridgehead atoms. The minimum atomic E-state index is 0.632. The third-order valence-corrected chi connectivity index (χ3v) is 5.95. The number of rotatable bonds is 4. The molecule has 1 fully saturated rings. The van der Waals surface area contributed by atoms with Gasteiger partial charge in [0.25, 0.3) is 0 Å². The highest BCUT2D eigenvalue weighted by atomic mass is 32.2. The van der Waals surface area contributed by atoms with Gasteiger partial charge in [-0.2, -0.15) is 11.8 Å². The van der Waals surface area contributed by atoms with Crippen molar-refractivity contribution in [2.45, 2.75) is 36.4 Å². The van der Waals surface area contributed by atoms with Crippen LogP contribution < -0.4 is 4.74 Å². The molecule has 2 aromatic rings. The van der Waals surface area contributed by atoms with Gasteiger partial charge in [0.05, 0.1) is 0 Å². The SMILES string of the molecule is C1=C(c2ccccc2OCc2ccccc2)CC2CCC1S2. The van der Waals surface area contributed by atoms with Gasteiger partial charge in [-0.25, -0.2) is 0 Å². The topological polar surface area (TPSA) is 9.23 Å². The highest BCUT2D eigenvalue weighted by Crippen LogP contribution is 2.46. The summed E-state index contributed by atoms with van der Waals surface area (Å²) in [7, 11) is 0. The van der Waals surface area contributed by atoms with Crippen LogP contribution in [0, 0.1) is 0 Å². The Bertz CT molecular complexity index is 677. The molecule has 22 heavy (non-hydrogen) atoms. The highest BCUT2D eigenvalue weighted by molar-refractivity contribution is 8.01. The van der Waals surface area contributed by atoms with Crippen LogP contribution in [0.2, 0.25) is 0 Å². The second kappa shape index (κ2) is 6.21. The molecule has 2 heterocycles. The summed E-state index contributed by atoms with van der Waals surface area (Å²) in [6, 6.07) is 18.9. The van der Waals surface area contributed by atoms with E-state index >= 15 is 0 Å². The third kappa shape index (κ3) is 2.93. The fourth-order valence-electron chi connectivity index (χ4n) is 3.34. The van der Waals surface area contributed by atoms with E-state index in [1.165, 1.54) is 36.0 Å². The van der Waals surface area contributed by atoms with Crippen LogP contribution in [0.15, 0.2) is 60.7 Å². The van der Waals surface area contributed by atoms with Crippen molar-refractivity contribution in [3.05, 3.63) is 71.8 Å². The van der Waals surface area contributed by atoms with E-state index in [2.05, 4.69) is 66.4 Å². The molecule has 2 unspecified atom stereocenters. The quantitative estimate of drug-likeness (QED) is 0.756. The molecule has 1 saturated heterocycles. The maximum Gasteiger partial charge on any atom is 0.127 e. The molecule has 0 spiro atoms. The summed E-state index contributed by atoms with van der Waals surface area (Å²) >= 11 is 2.15. The van der Waals surface area contributed by atoms with Crippen molar-refractivity contribution in [3.8, 4) is 5.75 Å². The molecule has 2 atom stereocenters. The molecule has 0 N–H and O–H groups in total. The van der Waals surface area contributed by atoms with Crippen LogP contribution in [-0.4, -0.2) is 10.5 Å². The first-order valence-corrected chi connectivity index (χ1v) is 8.95. The number of fused-ring (bicyclic) bond motifs is 2. The number of allylic oxidation sites excluding steroid dienone is 1. The van der Waals surface area contributed by atoms with E-state index in [1.54, 1.807) is 0 Å². The van der Waals surface area contributed by atoms with Gasteiger partial charge in [-0.05, 0) is 36.5 Å². The highest BCUT2D eigenvalue weighted by Gasteiger charge is 2.30. The maximum absolute atomic E-state index is 6.12. The van der Waals surface area contributed by atoms with E-state index in [0.717, 1.165) is 16.2 Å². The minimum absolute atomic E-state index is 0.632. The molecular formula is C20H20OS. The van der Waals surface area contributed by atoms with E-state index < -0.39 is 0 Å². The lowest BCUT2D eigenvalue weighted by molar-refractivity contribution is 0.305. The normalized spacial score (nSPS) is 23.2. The average molecular weight is 308 g/mol. The van der Waals surface area contributed by atoms with Gasteiger partial charge in [-0.15, -0.1) is 0 Å². The van der Waals surface area contributed by atoms with E-state index in [9.17, 15) is 0 Å². The Morgan fingerprint density at radius 3 is 2.64 bits per heavy atom. The average Bonchev–Trinajstić information content (AvgIpc) is 2.92. The van der Waals surface area contributed by atoms with Crippen molar-refractivity contribution >= 4 is 17.3 Å². The first kappa shape index (κ1) is 14.0. The van der Waals surface area contributed by atoms with Gasteiger partial charge in [-0.3, -0.25) is 0 Å². The molecule has 1 nitrogen and oxygen atoms in total. The van der Waals surface area contributed by atoms with Gasteiger partial charge in [0.2, 0.25) is 0 Å². The predicted molar refractivity (Wildman–Crippen MR) is 94.2 cm³/mol. The first-order valence-electron chi connectivity index (χ1n) is 8.01. The molecule has 2 aliphatic rings. The molecule has 2 heteroatoms. The summed E-state index contributed by atoms with van der Waals surface area (Å²) in [4.78, 5) is 0. The lowest BCUT2D eigenvalue weighted by Crippen LogP contribution is -2.07. The largest absolute Gasteiger partial charge is 0.488 e. The third-order valence-electron chi connectivity index (χ3n) is 4.45. The van der Waals surface area contributed by atoms with Crippen LogP contribution in [0.25, 0.3) is 5.57 Å². The van der Waals surface area contributed by atoms with Crippen molar-refractivity contribution < 1.29 is 4.74 Å². The number of ether oxygens (including phenoxy) is 1. The number of thioether (sulfide) groups is 1. The van der Waals surface area contributed by atoms with Crippen molar-refractivity contribution in [1.29, 1.82) is 0 Å². The van der Waals surface area contributed by atoms with Gasteiger partial charge >= 0.3 is 0 Å². The fraction of sp³-hybridized carbons (Fsp3) is 0.300. The van der Waals surface area contributed by atoms with E-state index in [-0.39, 0.29) is 0 Å². The van der Waals surface area contributed by atoms with Crippen molar-refractivity contribution in [3.63, 3.8) is 0 Å². The van der Waals surface area contributed by atoms with Gasteiger partial charge < -0.3 is 4.74 Å². The van der Waals surface area contributed by atoms with Crippen LogP contribution in [0.3, 0.4) is 0 Å². The number of hydrogen-bond donors (Lipinski definition) is 0. The smallest absolute Gasteiger partial charge is 0.127 e. The summed E-state index contributed by atoms with van der Waals surface area (Å²) < 4.78 is 6.12. The number of hydrogen-bond acceptors (Lipinski definition) is 2. The van der Waals surface area contributed by atoms with Crippen molar-refractivity contribution in [2.75, 3.05) is 0 Å². The van der Waals surface area contributed by atoms with Gasteiger partial charge in [-0.1, -0.05) is 54.6 Å². The first-order chi connectivity index (χ1) is 10.9.